The number of carboxylic acids is 1. The third kappa shape index (κ3) is 2.89. The molecule has 1 aromatic carbocycles. The molecule has 0 bridgehead atoms. The molecular formula is C13H11N3O4. The molecule has 0 atom stereocenters. The van der Waals surface area contributed by atoms with E-state index in [1.807, 2.05) is 25.1 Å². The minimum absolute atomic E-state index is 0.0636. The molecule has 7 nitrogen and oxygen atoms in total. The van der Waals surface area contributed by atoms with Gasteiger partial charge in [0, 0.05) is 11.8 Å². The topological polar surface area (TPSA) is 105 Å². The van der Waals surface area contributed by atoms with Gasteiger partial charge in [-0.25, -0.2) is 9.78 Å². The van der Waals surface area contributed by atoms with E-state index in [9.17, 15) is 14.9 Å². The highest BCUT2D eigenvalue weighted by Crippen LogP contribution is 2.23. The van der Waals surface area contributed by atoms with Gasteiger partial charge in [-0.15, -0.1) is 0 Å². The highest BCUT2D eigenvalue weighted by atomic mass is 16.6. The number of nitro groups is 1. The van der Waals surface area contributed by atoms with Crippen molar-refractivity contribution in [3.8, 4) is 0 Å². The second-order valence-corrected chi connectivity index (χ2v) is 4.15. The third-order valence-corrected chi connectivity index (χ3v) is 2.60. The van der Waals surface area contributed by atoms with Gasteiger partial charge in [-0.05, 0) is 24.6 Å². The summed E-state index contributed by atoms with van der Waals surface area (Å²) in [5.74, 6) is -1.22. The van der Waals surface area contributed by atoms with Gasteiger partial charge < -0.3 is 10.4 Å². The maximum Gasteiger partial charge on any atom is 0.339 e. The van der Waals surface area contributed by atoms with Gasteiger partial charge in [-0.2, -0.15) is 0 Å². The zero-order valence-electron chi connectivity index (χ0n) is 10.5. The Morgan fingerprint density at radius 1 is 1.40 bits per heavy atom. The van der Waals surface area contributed by atoms with Crippen LogP contribution in [0.3, 0.4) is 0 Å². The van der Waals surface area contributed by atoms with E-state index in [0.717, 1.165) is 17.8 Å². The van der Waals surface area contributed by atoms with E-state index in [1.165, 1.54) is 0 Å². The van der Waals surface area contributed by atoms with Crippen LogP contribution in [0, 0.1) is 17.0 Å². The van der Waals surface area contributed by atoms with Crippen molar-refractivity contribution in [2.75, 3.05) is 5.32 Å². The van der Waals surface area contributed by atoms with Gasteiger partial charge in [-0.1, -0.05) is 12.1 Å². The third-order valence-electron chi connectivity index (χ3n) is 2.60. The van der Waals surface area contributed by atoms with Gasteiger partial charge in [0.1, 0.15) is 17.6 Å². The highest BCUT2D eigenvalue weighted by molar-refractivity contribution is 5.94. The molecule has 0 aliphatic rings. The van der Waals surface area contributed by atoms with E-state index >= 15 is 0 Å². The van der Waals surface area contributed by atoms with Crippen LogP contribution < -0.4 is 5.32 Å². The Balaban J connectivity index is 2.41. The number of nitrogens with zero attached hydrogens (tertiary/aromatic N) is 2. The number of carbonyl (C=O) groups is 1. The summed E-state index contributed by atoms with van der Waals surface area (Å²) in [6.07, 6.45) is 1.02. The fourth-order valence-electron chi connectivity index (χ4n) is 1.68. The molecule has 2 N–H and O–H groups in total. The van der Waals surface area contributed by atoms with Crippen LogP contribution in [0.15, 0.2) is 36.5 Å². The van der Waals surface area contributed by atoms with E-state index in [1.54, 1.807) is 6.07 Å². The van der Waals surface area contributed by atoms with Crippen molar-refractivity contribution in [1.82, 2.24) is 4.98 Å². The second-order valence-electron chi connectivity index (χ2n) is 4.15. The summed E-state index contributed by atoms with van der Waals surface area (Å²) in [6, 6.07) is 8.25. The van der Waals surface area contributed by atoms with E-state index in [-0.39, 0.29) is 17.1 Å². The molecule has 102 valence electrons. The number of carboxylic acid groups (broad SMARTS) is 1. The number of pyridine rings is 1. The molecule has 2 aromatic rings. The standard InChI is InChI=1S/C13H11N3O4/c1-8-3-2-4-9(5-8)15-12-11(13(17)18)6-10(7-14-12)16(19)20/h2-7H,1H3,(H,14,15)(H,17,18). The summed E-state index contributed by atoms with van der Waals surface area (Å²) >= 11 is 0. The van der Waals surface area contributed by atoms with Crippen LogP contribution in [-0.2, 0) is 0 Å². The number of nitrogens with one attached hydrogen (secondary N) is 1. The normalized spacial score (nSPS) is 10.1. The van der Waals surface area contributed by atoms with E-state index in [4.69, 9.17) is 5.11 Å². The zero-order chi connectivity index (χ0) is 14.7. The Bertz CT molecular complexity index is 685. The fraction of sp³-hybridized carbons (Fsp3) is 0.0769. The molecule has 20 heavy (non-hydrogen) atoms. The molecule has 0 radical (unpaired) electrons. The number of hydrogen-bond donors (Lipinski definition) is 2. The summed E-state index contributed by atoms with van der Waals surface area (Å²) < 4.78 is 0. The van der Waals surface area contributed by atoms with Crippen molar-refractivity contribution < 1.29 is 14.8 Å². The van der Waals surface area contributed by atoms with Crippen molar-refractivity contribution in [3.63, 3.8) is 0 Å². The van der Waals surface area contributed by atoms with Crippen LogP contribution in [0.4, 0.5) is 17.2 Å². The Labute approximate surface area is 114 Å². The molecule has 1 aromatic heterocycles. The van der Waals surface area contributed by atoms with Crippen molar-refractivity contribution in [2.24, 2.45) is 0 Å². The number of anilines is 2. The lowest BCUT2D eigenvalue weighted by Gasteiger charge is -2.08. The largest absolute Gasteiger partial charge is 0.478 e. The van der Waals surface area contributed by atoms with Gasteiger partial charge in [0.15, 0.2) is 0 Å². The first-order valence-electron chi connectivity index (χ1n) is 5.69. The lowest BCUT2D eigenvalue weighted by atomic mass is 10.2. The molecule has 7 heteroatoms. The van der Waals surface area contributed by atoms with Crippen molar-refractivity contribution in [2.45, 2.75) is 6.92 Å². The van der Waals surface area contributed by atoms with Crippen LogP contribution in [0.25, 0.3) is 0 Å². The molecule has 0 fully saturated rings. The molecule has 0 unspecified atom stereocenters. The molecular weight excluding hydrogens is 262 g/mol. The summed E-state index contributed by atoms with van der Waals surface area (Å²) in [5.41, 5.74) is 1.04. The van der Waals surface area contributed by atoms with Crippen molar-refractivity contribution >= 4 is 23.2 Å². The van der Waals surface area contributed by atoms with E-state index in [2.05, 4.69) is 10.3 Å². The second kappa shape index (κ2) is 5.35. The SMILES string of the molecule is Cc1cccc(Nc2ncc([N+](=O)[O-])cc2C(=O)O)c1. The van der Waals surface area contributed by atoms with Gasteiger partial charge in [0.05, 0.1) is 4.92 Å². The Hall–Kier alpha value is -2.96. The van der Waals surface area contributed by atoms with Crippen LogP contribution in [0.2, 0.25) is 0 Å². The Morgan fingerprint density at radius 2 is 2.15 bits per heavy atom. The minimum Gasteiger partial charge on any atom is -0.478 e. The zero-order valence-corrected chi connectivity index (χ0v) is 10.5. The molecule has 0 saturated carbocycles. The minimum atomic E-state index is -1.28. The maximum absolute atomic E-state index is 11.2. The maximum atomic E-state index is 11.2. The smallest absolute Gasteiger partial charge is 0.339 e. The average molecular weight is 273 g/mol. The summed E-state index contributed by atoms with van der Waals surface area (Å²) in [4.78, 5) is 24.9. The van der Waals surface area contributed by atoms with Crippen LogP contribution in [-0.4, -0.2) is 21.0 Å². The molecule has 0 spiro atoms. The predicted molar refractivity (Wildman–Crippen MR) is 72.3 cm³/mol. The van der Waals surface area contributed by atoms with Gasteiger partial charge >= 0.3 is 5.97 Å². The van der Waals surface area contributed by atoms with Gasteiger partial charge in [0.2, 0.25) is 0 Å². The van der Waals surface area contributed by atoms with Crippen LogP contribution in [0.1, 0.15) is 15.9 Å². The monoisotopic (exact) mass is 273 g/mol. The van der Waals surface area contributed by atoms with Crippen LogP contribution in [0.5, 0.6) is 0 Å². The lowest BCUT2D eigenvalue weighted by molar-refractivity contribution is -0.385. The highest BCUT2D eigenvalue weighted by Gasteiger charge is 2.17. The molecule has 0 aliphatic carbocycles. The number of aromatic carboxylic acids is 1. The van der Waals surface area contributed by atoms with Gasteiger partial charge in [-0.3, -0.25) is 10.1 Å². The lowest BCUT2D eigenvalue weighted by Crippen LogP contribution is -2.06. The van der Waals surface area contributed by atoms with Gasteiger partial charge in [0.25, 0.3) is 5.69 Å². The first-order chi connectivity index (χ1) is 9.47. The Kier molecular flexibility index (Phi) is 3.60. The summed E-state index contributed by atoms with van der Waals surface area (Å²) in [5, 5.41) is 22.6. The molecule has 0 aliphatic heterocycles. The quantitative estimate of drug-likeness (QED) is 0.655. The average Bonchev–Trinajstić information content (AvgIpc) is 2.38. The summed E-state index contributed by atoms with van der Waals surface area (Å²) in [7, 11) is 0. The number of aryl methyl sites for hydroxylation is 1. The first kappa shape index (κ1) is 13.5. The van der Waals surface area contributed by atoms with Crippen LogP contribution >= 0.6 is 0 Å². The fourth-order valence-corrected chi connectivity index (χ4v) is 1.68. The van der Waals surface area contributed by atoms with Crippen molar-refractivity contribution in [1.29, 1.82) is 0 Å². The van der Waals surface area contributed by atoms with E-state index < -0.39 is 10.9 Å². The number of benzene rings is 1. The van der Waals surface area contributed by atoms with Crippen molar-refractivity contribution in [3.05, 3.63) is 57.8 Å². The first-order valence-corrected chi connectivity index (χ1v) is 5.69. The number of aromatic nitrogens is 1. The molecule has 0 amide bonds. The molecule has 0 saturated heterocycles. The predicted octanol–water partition coefficient (Wildman–Crippen LogP) is 2.74. The van der Waals surface area contributed by atoms with E-state index in [0.29, 0.717) is 5.69 Å². The number of rotatable bonds is 4. The number of hydrogen-bond acceptors (Lipinski definition) is 5. The molecule has 2 rings (SSSR count). The Morgan fingerprint density at radius 3 is 2.75 bits per heavy atom. The molecule has 1 heterocycles. The summed E-state index contributed by atoms with van der Waals surface area (Å²) in [6.45, 7) is 1.90.